The molecule has 0 saturated heterocycles. The van der Waals surface area contributed by atoms with Crippen LogP contribution >= 0.6 is 0 Å². The number of aldehydes is 1. The molecule has 0 unspecified atom stereocenters. The first-order chi connectivity index (χ1) is 7.46. The van der Waals surface area contributed by atoms with Crippen LogP contribution in [-0.2, 0) is 10.2 Å². The van der Waals surface area contributed by atoms with Crippen LogP contribution in [0.1, 0.15) is 25.0 Å². The minimum absolute atomic E-state index is 0.533. The molecule has 0 radical (unpaired) electrons. The molecule has 0 N–H and O–H groups in total. The largest absolute Gasteiger partial charge is 0.496 e. The molecule has 0 amide bonds. The normalized spacial score (nSPS) is 11.1. The molecule has 1 rings (SSSR count). The van der Waals surface area contributed by atoms with Crippen molar-refractivity contribution in [3.05, 3.63) is 23.3 Å². The van der Waals surface area contributed by atoms with Crippen LogP contribution in [0.4, 0.5) is 0 Å². The highest BCUT2D eigenvalue weighted by Gasteiger charge is 2.22. The Morgan fingerprint density at radius 3 is 1.88 bits per heavy atom. The van der Waals surface area contributed by atoms with Gasteiger partial charge in [0.2, 0.25) is 0 Å². The van der Waals surface area contributed by atoms with Gasteiger partial charge < -0.3 is 14.3 Å². The van der Waals surface area contributed by atoms with E-state index >= 15 is 0 Å². The van der Waals surface area contributed by atoms with Gasteiger partial charge in [0.15, 0.2) is 0 Å². The Bertz CT molecular complexity index is 369. The van der Waals surface area contributed by atoms with Crippen molar-refractivity contribution in [1.29, 1.82) is 0 Å². The van der Waals surface area contributed by atoms with Crippen molar-refractivity contribution in [2.75, 3.05) is 14.2 Å². The van der Waals surface area contributed by atoms with Crippen LogP contribution in [-0.4, -0.2) is 20.5 Å². The molecule has 0 fully saturated rings. The molecule has 3 nitrogen and oxygen atoms in total. The zero-order chi connectivity index (χ0) is 12.3. The highest BCUT2D eigenvalue weighted by atomic mass is 16.5. The lowest BCUT2D eigenvalue weighted by atomic mass is 9.85. The van der Waals surface area contributed by atoms with Gasteiger partial charge in [-0.05, 0) is 38.5 Å². The van der Waals surface area contributed by atoms with Gasteiger partial charge in [0.1, 0.15) is 17.8 Å². The van der Waals surface area contributed by atoms with Crippen molar-refractivity contribution in [3.8, 4) is 11.5 Å². The second-order valence-corrected chi connectivity index (χ2v) is 4.35. The number of carbonyl (C=O) groups excluding carboxylic acids is 1. The number of ether oxygens (including phenoxy) is 2. The maximum absolute atomic E-state index is 11.0. The van der Waals surface area contributed by atoms with Crippen LogP contribution in [0.25, 0.3) is 0 Å². The van der Waals surface area contributed by atoms with E-state index < -0.39 is 5.41 Å². The summed E-state index contributed by atoms with van der Waals surface area (Å²) >= 11 is 0. The summed E-state index contributed by atoms with van der Waals surface area (Å²) in [4.78, 5) is 11.0. The van der Waals surface area contributed by atoms with Gasteiger partial charge >= 0.3 is 0 Å². The number of rotatable bonds is 4. The van der Waals surface area contributed by atoms with Gasteiger partial charge in [-0.15, -0.1) is 0 Å². The summed E-state index contributed by atoms with van der Waals surface area (Å²) in [5, 5.41) is 0. The zero-order valence-corrected chi connectivity index (χ0v) is 10.5. The van der Waals surface area contributed by atoms with Gasteiger partial charge in [0.25, 0.3) is 0 Å². The second-order valence-electron chi connectivity index (χ2n) is 4.35. The molecule has 0 aliphatic rings. The Balaban J connectivity index is 3.38. The Morgan fingerprint density at radius 1 is 1.12 bits per heavy atom. The molecular weight excluding hydrogens is 204 g/mol. The van der Waals surface area contributed by atoms with E-state index in [-0.39, 0.29) is 0 Å². The molecule has 0 spiro atoms. The lowest BCUT2D eigenvalue weighted by Crippen LogP contribution is -2.19. The van der Waals surface area contributed by atoms with Crippen molar-refractivity contribution in [2.24, 2.45) is 0 Å². The van der Waals surface area contributed by atoms with Crippen LogP contribution in [0.3, 0.4) is 0 Å². The average molecular weight is 222 g/mol. The molecule has 1 aromatic rings. The zero-order valence-electron chi connectivity index (χ0n) is 10.5. The predicted molar refractivity (Wildman–Crippen MR) is 63.4 cm³/mol. The molecular formula is C13H18O3. The standard InChI is InChI=1S/C13H18O3/c1-9-11(15-4)6-10(7-12(9)16-5)13(2,3)8-14/h6-8H,1-5H3. The van der Waals surface area contributed by atoms with Crippen molar-refractivity contribution in [2.45, 2.75) is 26.2 Å². The maximum atomic E-state index is 11.0. The van der Waals surface area contributed by atoms with E-state index in [1.165, 1.54) is 0 Å². The van der Waals surface area contributed by atoms with Crippen LogP contribution in [0.2, 0.25) is 0 Å². The Labute approximate surface area is 96.4 Å². The van der Waals surface area contributed by atoms with Crippen LogP contribution in [0.15, 0.2) is 12.1 Å². The summed E-state index contributed by atoms with van der Waals surface area (Å²) in [6.07, 6.45) is 0.927. The molecule has 1 aromatic carbocycles. The quantitative estimate of drug-likeness (QED) is 0.734. The number of hydrogen-bond acceptors (Lipinski definition) is 3. The second kappa shape index (κ2) is 4.56. The molecule has 16 heavy (non-hydrogen) atoms. The molecule has 0 atom stereocenters. The number of benzene rings is 1. The smallest absolute Gasteiger partial charge is 0.129 e. The number of hydrogen-bond donors (Lipinski definition) is 0. The summed E-state index contributed by atoms with van der Waals surface area (Å²) in [6.45, 7) is 5.66. The highest BCUT2D eigenvalue weighted by molar-refractivity contribution is 5.68. The SMILES string of the molecule is COc1cc(C(C)(C)C=O)cc(OC)c1C. The summed E-state index contributed by atoms with van der Waals surface area (Å²) in [6, 6.07) is 3.76. The monoisotopic (exact) mass is 222 g/mol. The minimum Gasteiger partial charge on any atom is -0.496 e. The van der Waals surface area contributed by atoms with Crippen LogP contribution in [0, 0.1) is 6.92 Å². The van der Waals surface area contributed by atoms with E-state index in [2.05, 4.69) is 0 Å². The maximum Gasteiger partial charge on any atom is 0.129 e. The van der Waals surface area contributed by atoms with Gasteiger partial charge in [0, 0.05) is 11.0 Å². The van der Waals surface area contributed by atoms with Crippen molar-refractivity contribution >= 4 is 6.29 Å². The van der Waals surface area contributed by atoms with Crippen molar-refractivity contribution in [1.82, 2.24) is 0 Å². The molecule has 0 aliphatic heterocycles. The van der Waals surface area contributed by atoms with E-state index in [1.54, 1.807) is 14.2 Å². The predicted octanol–water partition coefficient (Wildman–Crippen LogP) is 2.49. The van der Waals surface area contributed by atoms with Crippen LogP contribution in [0.5, 0.6) is 11.5 Å². The van der Waals surface area contributed by atoms with Gasteiger partial charge in [-0.2, -0.15) is 0 Å². The summed E-state index contributed by atoms with van der Waals surface area (Å²) < 4.78 is 10.5. The first-order valence-electron chi connectivity index (χ1n) is 5.15. The lowest BCUT2D eigenvalue weighted by molar-refractivity contribution is -0.111. The molecule has 0 aliphatic carbocycles. The first-order valence-corrected chi connectivity index (χ1v) is 5.15. The minimum atomic E-state index is -0.533. The van der Waals surface area contributed by atoms with Gasteiger partial charge in [0.05, 0.1) is 14.2 Å². The Hall–Kier alpha value is -1.51. The summed E-state index contributed by atoms with van der Waals surface area (Å²) in [5.41, 5.74) is 1.30. The molecule has 0 heterocycles. The first kappa shape index (κ1) is 12.6. The van der Waals surface area contributed by atoms with Gasteiger partial charge in [-0.25, -0.2) is 0 Å². The molecule has 3 heteroatoms. The summed E-state index contributed by atoms with van der Waals surface area (Å²) in [7, 11) is 3.22. The van der Waals surface area contributed by atoms with Crippen LogP contribution < -0.4 is 9.47 Å². The van der Waals surface area contributed by atoms with E-state index in [9.17, 15) is 4.79 Å². The Kier molecular flexibility index (Phi) is 3.58. The number of carbonyl (C=O) groups is 1. The average Bonchev–Trinajstić information content (AvgIpc) is 2.29. The third-order valence-corrected chi connectivity index (χ3v) is 2.79. The highest BCUT2D eigenvalue weighted by Crippen LogP contribution is 2.34. The fourth-order valence-corrected chi connectivity index (χ4v) is 1.53. The topological polar surface area (TPSA) is 35.5 Å². The lowest BCUT2D eigenvalue weighted by Gasteiger charge is -2.20. The fourth-order valence-electron chi connectivity index (χ4n) is 1.53. The van der Waals surface area contributed by atoms with Gasteiger partial charge in [-0.1, -0.05) is 0 Å². The van der Waals surface area contributed by atoms with E-state index in [4.69, 9.17) is 9.47 Å². The van der Waals surface area contributed by atoms with E-state index in [0.29, 0.717) is 0 Å². The van der Waals surface area contributed by atoms with Gasteiger partial charge in [-0.3, -0.25) is 0 Å². The third-order valence-electron chi connectivity index (χ3n) is 2.79. The third kappa shape index (κ3) is 2.18. The summed E-state index contributed by atoms with van der Waals surface area (Å²) in [5.74, 6) is 1.48. The van der Waals surface area contributed by atoms with E-state index in [1.807, 2.05) is 32.9 Å². The van der Waals surface area contributed by atoms with Crippen molar-refractivity contribution in [3.63, 3.8) is 0 Å². The van der Waals surface area contributed by atoms with E-state index in [0.717, 1.165) is 28.9 Å². The fraction of sp³-hybridized carbons (Fsp3) is 0.462. The van der Waals surface area contributed by atoms with Crippen molar-refractivity contribution < 1.29 is 14.3 Å². The molecule has 0 aromatic heterocycles. The molecule has 88 valence electrons. The number of methoxy groups -OCH3 is 2. The molecule has 0 bridgehead atoms. The Morgan fingerprint density at radius 2 is 1.56 bits per heavy atom. The molecule has 0 saturated carbocycles.